The molecule has 4 heterocycles. The van der Waals surface area contributed by atoms with E-state index in [1.165, 1.54) is 23.1 Å². The molecular weight excluding hydrogens is 508 g/mol. The fraction of sp³-hybridized carbons (Fsp3) is 0.385. The van der Waals surface area contributed by atoms with Crippen LogP contribution in [0.15, 0.2) is 46.3 Å². The van der Waals surface area contributed by atoms with Crippen LogP contribution in [0.2, 0.25) is 0 Å². The molecule has 0 unspecified atom stereocenters. The molecule has 37 heavy (non-hydrogen) atoms. The van der Waals surface area contributed by atoms with E-state index in [2.05, 4.69) is 39.0 Å². The van der Waals surface area contributed by atoms with Gasteiger partial charge in [0.05, 0.1) is 17.5 Å². The average molecular weight is 539 g/mol. The number of rotatable bonds is 8. The molecule has 0 radical (unpaired) electrons. The summed E-state index contributed by atoms with van der Waals surface area (Å²) >= 11 is 2.65. The number of nitrogen functional groups attached to an aromatic ring is 1. The largest absolute Gasteiger partial charge is 0.462 e. The number of anilines is 1. The molecule has 4 aromatic rings. The van der Waals surface area contributed by atoms with Crippen LogP contribution < -0.4 is 16.3 Å². The van der Waals surface area contributed by atoms with E-state index in [-0.39, 0.29) is 12.2 Å². The molecule has 1 saturated heterocycles. The second-order valence-corrected chi connectivity index (χ2v) is 11.0. The lowest BCUT2D eigenvalue weighted by Crippen LogP contribution is -2.47. The van der Waals surface area contributed by atoms with E-state index in [0.717, 1.165) is 66.3 Å². The van der Waals surface area contributed by atoms with Gasteiger partial charge in [-0.1, -0.05) is 30.0 Å². The summed E-state index contributed by atoms with van der Waals surface area (Å²) in [6.07, 6.45) is 0.949. The third kappa shape index (κ3) is 5.29. The Kier molecular flexibility index (Phi) is 7.63. The molecule has 0 aliphatic carbocycles. The number of benzene rings is 1. The molecule has 3 aromatic heterocycles. The van der Waals surface area contributed by atoms with Gasteiger partial charge in [-0.15, -0.1) is 11.3 Å². The molecule has 1 aromatic carbocycles. The number of piperazine rings is 1. The van der Waals surface area contributed by atoms with E-state index in [1.807, 2.05) is 12.1 Å². The third-order valence-electron chi connectivity index (χ3n) is 6.55. The van der Waals surface area contributed by atoms with E-state index >= 15 is 0 Å². The molecule has 1 aliphatic heterocycles. The zero-order valence-electron chi connectivity index (χ0n) is 21.0. The number of aryl methyl sites for hydroxylation is 1. The number of esters is 1. The summed E-state index contributed by atoms with van der Waals surface area (Å²) in [7, 11) is 0. The Hall–Kier alpha value is -3.15. The first-order chi connectivity index (χ1) is 18.0. The summed E-state index contributed by atoms with van der Waals surface area (Å²) in [6.45, 7) is 8.58. The van der Waals surface area contributed by atoms with Gasteiger partial charge >= 0.3 is 5.97 Å². The summed E-state index contributed by atoms with van der Waals surface area (Å²) in [5.74, 6) is 7.47. The lowest BCUT2D eigenvalue weighted by molar-refractivity contribution is 0.0531. The standard InChI is InChI=1S/C26H30N6O3S2/c1-3-35-25(34)22-17(2)21-23(37-22)29-26(32(27)24(21)33)36-16-6-11-30-12-14-31(15-13-30)20-10-9-18-7-4-5-8-19(18)28-20/h4-5,7-10H,3,6,11-16,27H2,1-2H3. The number of nitrogens with two attached hydrogens (primary N) is 1. The van der Waals surface area contributed by atoms with Gasteiger partial charge in [-0.3, -0.25) is 9.69 Å². The Labute approximate surface area is 223 Å². The summed E-state index contributed by atoms with van der Waals surface area (Å²) < 4.78 is 6.21. The van der Waals surface area contributed by atoms with Crippen molar-refractivity contribution >= 4 is 56.0 Å². The molecule has 2 N–H and O–H groups in total. The molecule has 194 valence electrons. The Balaban J connectivity index is 1.15. The molecule has 0 amide bonds. The van der Waals surface area contributed by atoms with Crippen molar-refractivity contribution in [3.63, 3.8) is 0 Å². The number of thioether (sulfide) groups is 1. The molecule has 0 bridgehead atoms. The number of pyridine rings is 1. The summed E-state index contributed by atoms with van der Waals surface area (Å²) in [6, 6.07) is 12.4. The Morgan fingerprint density at radius 1 is 1.14 bits per heavy atom. The minimum absolute atomic E-state index is 0.275. The van der Waals surface area contributed by atoms with Gasteiger partial charge in [0.1, 0.15) is 15.5 Å². The van der Waals surface area contributed by atoms with Crippen LogP contribution in [-0.4, -0.2) is 70.6 Å². The zero-order valence-corrected chi connectivity index (χ0v) is 22.6. The Bertz CT molecular complexity index is 1490. The van der Waals surface area contributed by atoms with Crippen LogP contribution in [0, 0.1) is 6.92 Å². The molecule has 11 heteroatoms. The van der Waals surface area contributed by atoms with Crippen LogP contribution in [0.3, 0.4) is 0 Å². The monoisotopic (exact) mass is 538 g/mol. The van der Waals surface area contributed by atoms with Crippen LogP contribution in [0.5, 0.6) is 0 Å². The second kappa shape index (κ2) is 11.1. The number of thiophene rings is 1. The average Bonchev–Trinajstić information content (AvgIpc) is 3.25. The predicted molar refractivity (Wildman–Crippen MR) is 150 cm³/mol. The zero-order chi connectivity index (χ0) is 25.9. The van der Waals surface area contributed by atoms with Crippen molar-refractivity contribution < 1.29 is 9.53 Å². The van der Waals surface area contributed by atoms with Crippen molar-refractivity contribution in [1.82, 2.24) is 19.5 Å². The van der Waals surface area contributed by atoms with Crippen molar-refractivity contribution in [3.05, 3.63) is 57.2 Å². The third-order valence-corrected chi connectivity index (χ3v) is 8.76. The molecule has 0 atom stereocenters. The molecule has 0 spiro atoms. The smallest absolute Gasteiger partial charge is 0.348 e. The maximum absolute atomic E-state index is 12.9. The SMILES string of the molecule is CCOC(=O)c1sc2nc(SCCCN3CCN(c4ccc5ccccc5n4)CC3)n(N)c(=O)c2c1C. The lowest BCUT2D eigenvalue weighted by Gasteiger charge is -2.35. The number of aromatic nitrogens is 3. The first-order valence-electron chi connectivity index (χ1n) is 12.4. The fourth-order valence-corrected chi connectivity index (χ4v) is 6.51. The van der Waals surface area contributed by atoms with E-state index < -0.39 is 5.97 Å². The van der Waals surface area contributed by atoms with Crippen LogP contribution in [0.1, 0.15) is 28.6 Å². The highest BCUT2D eigenvalue weighted by Crippen LogP contribution is 2.29. The van der Waals surface area contributed by atoms with E-state index in [9.17, 15) is 9.59 Å². The van der Waals surface area contributed by atoms with Gasteiger partial charge < -0.3 is 15.5 Å². The first kappa shape index (κ1) is 25.5. The number of ether oxygens (including phenoxy) is 1. The maximum Gasteiger partial charge on any atom is 0.348 e. The highest BCUT2D eigenvalue weighted by atomic mass is 32.2. The number of fused-ring (bicyclic) bond motifs is 2. The first-order valence-corrected chi connectivity index (χ1v) is 14.2. The van der Waals surface area contributed by atoms with Crippen LogP contribution in [-0.2, 0) is 4.74 Å². The molecule has 5 rings (SSSR count). The molecule has 1 aliphatic rings. The van der Waals surface area contributed by atoms with Crippen molar-refractivity contribution in [2.45, 2.75) is 25.4 Å². The molecule has 9 nitrogen and oxygen atoms in total. The Morgan fingerprint density at radius 2 is 1.92 bits per heavy atom. The summed E-state index contributed by atoms with van der Waals surface area (Å²) in [5, 5.41) is 2.01. The van der Waals surface area contributed by atoms with Gasteiger partial charge in [0.25, 0.3) is 5.56 Å². The van der Waals surface area contributed by atoms with Gasteiger partial charge in [-0.2, -0.15) is 0 Å². The van der Waals surface area contributed by atoms with Gasteiger partial charge in [-0.25, -0.2) is 19.4 Å². The van der Waals surface area contributed by atoms with Crippen molar-refractivity contribution in [2.75, 3.05) is 55.8 Å². The number of hydrogen-bond acceptors (Lipinski definition) is 10. The highest BCUT2D eigenvalue weighted by Gasteiger charge is 2.22. The predicted octanol–water partition coefficient (Wildman–Crippen LogP) is 3.51. The lowest BCUT2D eigenvalue weighted by atomic mass is 10.2. The van der Waals surface area contributed by atoms with Gasteiger partial charge in [0.15, 0.2) is 5.16 Å². The minimum atomic E-state index is -0.434. The fourth-order valence-electron chi connectivity index (χ4n) is 4.55. The molecule has 1 fully saturated rings. The van der Waals surface area contributed by atoms with Crippen molar-refractivity contribution in [3.8, 4) is 0 Å². The normalized spacial score (nSPS) is 14.5. The topological polar surface area (TPSA) is 107 Å². The number of hydrogen-bond donors (Lipinski definition) is 1. The van der Waals surface area contributed by atoms with E-state index in [1.54, 1.807) is 13.8 Å². The Morgan fingerprint density at radius 3 is 2.70 bits per heavy atom. The number of carbonyl (C=O) groups is 1. The molecular formula is C26H30N6O3S2. The van der Waals surface area contributed by atoms with Crippen LogP contribution in [0.4, 0.5) is 5.82 Å². The van der Waals surface area contributed by atoms with Crippen LogP contribution in [0.25, 0.3) is 21.1 Å². The van der Waals surface area contributed by atoms with Gasteiger partial charge in [0, 0.05) is 37.3 Å². The summed E-state index contributed by atoms with van der Waals surface area (Å²) in [4.78, 5) is 40.3. The minimum Gasteiger partial charge on any atom is -0.462 e. The van der Waals surface area contributed by atoms with Crippen molar-refractivity contribution in [1.29, 1.82) is 0 Å². The summed E-state index contributed by atoms with van der Waals surface area (Å²) in [5.41, 5.74) is 1.26. The van der Waals surface area contributed by atoms with Gasteiger partial charge in [0.2, 0.25) is 0 Å². The van der Waals surface area contributed by atoms with E-state index in [0.29, 0.717) is 25.8 Å². The number of carbonyl (C=O) groups excluding carboxylic acids is 1. The number of para-hydroxylation sites is 1. The van der Waals surface area contributed by atoms with Gasteiger partial charge in [-0.05, 0) is 50.6 Å². The second-order valence-electron chi connectivity index (χ2n) is 8.92. The number of nitrogens with zero attached hydrogens (tertiary/aromatic N) is 5. The van der Waals surface area contributed by atoms with Crippen molar-refractivity contribution in [2.24, 2.45) is 0 Å². The van der Waals surface area contributed by atoms with E-state index in [4.69, 9.17) is 15.6 Å². The maximum atomic E-state index is 12.9. The molecule has 0 saturated carbocycles. The quantitative estimate of drug-likeness (QED) is 0.119. The van der Waals surface area contributed by atoms with Crippen LogP contribution >= 0.6 is 23.1 Å². The highest BCUT2D eigenvalue weighted by molar-refractivity contribution is 7.99.